The molecule has 0 aliphatic heterocycles. The topological polar surface area (TPSA) is 29.1 Å². The van der Waals surface area contributed by atoms with Gasteiger partial charge in [0.1, 0.15) is 0 Å². The second-order valence-electron chi connectivity index (χ2n) is 6.55. The van der Waals surface area contributed by atoms with E-state index in [0.29, 0.717) is 6.42 Å². The summed E-state index contributed by atoms with van der Waals surface area (Å²) in [6.07, 6.45) is 16.6. The molecule has 0 aliphatic carbocycles. The molecule has 0 aliphatic rings. The number of hydrogen-bond acceptors (Lipinski definition) is 1. The van der Waals surface area contributed by atoms with Crippen molar-refractivity contribution in [1.29, 1.82) is 0 Å². The summed E-state index contributed by atoms with van der Waals surface area (Å²) in [5.74, 6) is 0.142. The van der Waals surface area contributed by atoms with Gasteiger partial charge in [0.05, 0.1) is 0 Å². The normalized spacial score (nSPS) is 10.7. The van der Waals surface area contributed by atoms with E-state index in [2.05, 4.69) is 12.2 Å². The Hall–Kier alpha value is -1.31. The number of unbranched alkanes of at least 4 members (excludes halogenated alkanes) is 11. The van der Waals surface area contributed by atoms with Crippen molar-refractivity contribution in [2.45, 2.75) is 90.4 Å². The zero-order valence-electron chi connectivity index (χ0n) is 15.0. The lowest BCUT2D eigenvalue weighted by atomic mass is 10.0. The summed E-state index contributed by atoms with van der Waals surface area (Å²) in [4.78, 5) is 11.8. The lowest BCUT2D eigenvalue weighted by Crippen LogP contribution is -2.10. The number of para-hydroxylation sites is 1. The van der Waals surface area contributed by atoms with Crippen molar-refractivity contribution in [3.05, 3.63) is 30.3 Å². The molecule has 1 rings (SSSR count). The second kappa shape index (κ2) is 14.3. The molecular formula is C21H35NO. The summed E-state index contributed by atoms with van der Waals surface area (Å²) in [7, 11) is 0. The lowest BCUT2D eigenvalue weighted by Gasteiger charge is -2.05. The average Bonchev–Trinajstić information content (AvgIpc) is 2.57. The number of rotatable bonds is 14. The van der Waals surface area contributed by atoms with Crippen molar-refractivity contribution >= 4 is 11.6 Å². The highest BCUT2D eigenvalue weighted by Gasteiger charge is 2.01. The molecule has 1 aromatic carbocycles. The number of carbonyl (C=O) groups excluding carboxylic acids is 1. The summed E-state index contributed by atoms with van der Waals surface area (Å²) < 4.78 is 0. The second-order valence-corrected chi connectivity index (χ2v) is 6.55. The summed E-state index contributed by atoms with van der Waals surface area (Å²) in [6.45, 7) is 2.27. The van der Waals surface area contributed by atoms with E-state index in [9.17, 15) is 4.79 Å². The molecule has 0 aromatic heterocycles. The van der Waals surface area contributed by atoms with Crippen LogP contribution < -0.4 is 5.32 Å². The minimum Gasteiger partial charge on any atom is -0.326 e. The Bertz CT molecular complexity index is 388. The minimum absolute atomic E-state index is 0.142. The van der Waals surface area contributed by atoms with Crippen LogP contribution in [-0.2, 0) is 4.79 Å². The quantitative estimate of drug-likeness (QED) is 0.379. The maximum Gasteiger partial charge on any atom is 0.224 e. The average molecular weight is 318 g/mol. The van der Waals surface area contributed by atoms with E-state index in [0.717, 1.165) is 12.1 Å². The molecule has 0 heterocycles. The van der Waals surface area contributed by atoms with Crippen LogP contribution in [0.2, 0.25) is 0 Å². The summed E-state index contributed by atoms with van der Waals surface area (Å²) >= 11 is 0. The van der Waals surface area contributed by atoms with Crippen molar-refractivity contribution in [3.63, 3.8) is 0 Å². The predicted octanol–water partition coefficient (Wildman–Crippen LogP) is 6.72. The third-order valence-electron chi connectivity index (χ3n) is 4.31. The fourth-order valence-corrected chi connectivity index (χ4v) is 2.87. The SMILES string of the molecule is CCCCCCCCCCCCCCC(=O)Nc1ccccc1. The monoisotopic (exact) mass is 317 g/mol. The Morgan fingerprint density at radius 2 is 1.22 bits per heavy atom. The Labute approximate surface area is 143 Å². The van der Waals surface area contributed by atoms with Gasteiger partial charge in [0.25, 0.3) is 0 Å². The van der Waals surface area contributed by atoms with Crippen LogP contribution in [0.4, 0.5) is 5.69 Å². The molecule has 2 nitrogen and oxygen atoms in total. The van der Waals surface area contributed by atoms with Crippen molar-refractivity contribution in [2.24, 2.45) is 0 Å². The molecule has 0 bridgehead atoms. The van der Waals surface area contributed by atoms with E-state index in [1.54, 1.807) is 0 Å². The van der Waals surface area contributed by atoms with Crippen LogP contribution in [0.15, 0.2) is 30.3 Å². The standard InChI is InChI=1S/C21H35NO/c1-2-3-4-5-6-7-8-9-10-11-12-16-19-21(23)22-20-17-14-13-15-18-20/h13-15,17-18H,2-12,16,19H2,1H3,(H,22,23). The first-order chi connectivity index (χ1) is 11.3. The van der Waals surface area contributed by atoms with Gasteiger partial charge >= 0.3 is 0 Å². The van der Waals surface area contributed by atoms with Gasteiger partial charge < -0.3 is 5.32 Å². The molecule has 23 heavy (non-hydrogen) atoms. The Morgan fingerprint density at radius 3 is 1.74 bits per heavy atom. The van der Waals surface area contributed by atoms with Crippen molar-refractivity contribution in [1.82, 2.24) is 0 Å². The van der Waals surface area contributed by atoms with Crippen LogP contribution in [0.25, 0.3) is 0 Å². The van der Waals surface area contributed by atoms with Crippen LogP contribution in [-0.4, -0.2) is 5.91 Å². The number of benzene rings is 1. The third-order valence-corrected chi connectivity index (χ3v) is 4.31. The Kier molecular flexibility index (Phi) is 12.3. The molecule has 1 aromatic rings. The van der Waals surface area contributed by atoms with Gasteiger partial charge in [-0.15, -0.1) is 0 Å². The lowest BCUT2D eigenvalue weighted by molar-refractivity contribution is -0.116. The number of carbonyl (C=O) groups is 1. The first-order valence-electron chi connectivity index (χ1n) is 9.68. The molecule has 0 atom stereocenters. The maximum absolute atomic E-state index is 11.8. The molecular weight excluding hydrogens is 282 g/mol. The molecule has 1 amide bonds. The van der Waals surface area contributed by atoms with Gasteiger partial charge in [-0.05, 0) is 18.6 Å². The van der Waals surface area contributed by atoms with E-state index in [4.69, 9.17) is 0 Å². The zero-order chi connectivity index (χ0) is 16.6. The molecule has 0 saturated heterocycles. The number of amides is 1. The third kappa shape index (κ3) is 11.9. The zero-order valence-corrected chi connectivity index (χ0v) is 15.0. The molecule has 0 spiro atoms. The highest BCUT2D eigenvalue weighted by Crippen LogP contribution is 2.13. The molecule has 130 valence electrons. The fourth-order valence-electron chi connectivity index (χ4n) is 2.87. The molecule has 0 unspecified atom stereocenters. The number of anilines is 1. The molecule has 0 radical (unpaired) electrons. The molecule has 0 saturated carbocycles. The van der Waals surface area contributed by atoms with E-state index >= 15 is 0 Å². The minimum atomic E-state index is 0.142. The number of hydrogen-bond donors (Lipinski definition) is 1. The van der Waals surface area contributed by atoms with E-state index in [-0.39, 0.29) is 5.91 Å². The van der Waals surface area contributed by atoms with Crippen LogP contribution in [0, 0.1) is 0 Å². The van der Waals surface area contributed by atoms with Gasteiger partial charge in [0.15, 0.2) is 0 Å². The van der Waals surface area contributed by atoms with E-state index in [1.807, 2.05) is 30.3 Å². The predicted molar refractivity (Wildman–Crippen MR) is 101 cm³/mol. The molecule has 1 N–H and O–H groups in total. The smallest absolute Gasteiger partial charge is 0.224 e. The summed E-state index contributed by atoms with van der Waals surface area (Å²) in [5, 5.41) is 2.94. The number of nitrogens with one attached hydrogen (secondary N) is 1. The van der Waals surface area contributed by atoms with Gasteiger partial charge in [-0.2, -0.15) is 0 Å². The van der Waals surface area contributed by atoms with Crippen LogP contribution >= 0.6 is 0 Å². The maximum atomic E-state index is 11.8. The van der Waals surface area contributed by atoms with Gasteiger partial charge in [0.2, 0.25) is 5.91 Å². The van der Waals surface area contributed by atoms with Crippen molar-refractivity contribution in [2.75, 3.05) is 5.32 Å². The first-order valence-corrected chi connectivity index (χ1v) is 9.68. The van der Waals surface area contributed by atoms with Crippen molar-refractivity contribution < 1.29 is 4.79 Å². The van der Waals surface area contributed by atoms with Gasteiger partial charge in [0, 0.05) is 12.1 Å². The highest BCUT2D eigenvalue weighted by atomic mass is 16.1. The summed E-state index contributed by atoms with van der Waals surface area (Å²) in [5.41, 5.74) is 0.899. The Balaban J connectivity index is 1.83. The van der Waals surface area contributed by atoms with E-state index in [1.165, 1.54) is 70.6 Å². The molecule has 2 heteroatoms. The van der Waals surface area contributed by atoms with Crippen LogP contribution in [0.1, 0.15) is 90.4 Å². The van der Waals surface area contributed by atoms with Crippen LogP contribution in [0.3, 0.4) is 0 Å². The van der Waals surface area contributed by atoms with Crippen molar-refractivity contribution in [3.8, 4) is 0 Å². The molecule has 0 fully saturated rings. The fraction of sp³-hybridized carbons (Fsp3) is 0.667. The first kappa shape index (κ1) is 19.7. The van der Waals surface area contributed by atoms with Gasteiger partial charge in [-0.3, -0.25) is 4.79 Å². The largest absolute Gasteiger partial charge is 0.326 e. The van der Waals surface area contributed by atoms with Gasteiger partial charge in [-0.1, -0.05) is 95.8 Å². The highest BCUT2D eigenvalue weighted by molar-refractivity contribution is 5.90. The van der Waals surface area contributed by atoms with E-state index < -0.39 is 0 Å². The Morgan fingerprint density at radius 1 is 0.739 bits per heavy atom. The van der Waals surface area contributed by atoms with Gasteiger partial charge in [-0.25, -0.2) is 0 Å². The van der Waals surface area contributed by atoms with Crippen LogP contribution in [0.5, 0.6) is 0 Å². The summed E-state index contributed by atoms with van der Waals surface area (Å²) in [6, 6.07) is 9.71.